The summed E-state index contributed by atoms with van der Waals surface area (Å²) in [6.45, 7) is 5.12. The van der Waals surface area contributed by atoms with Crippen molar-refractivity contribution in [3.63, 3.8) is 0 Å². The Balaban J connectivity index is 1.64. The zero-order chi connectivity index (χ0) is 14.7. The van der Waals surface area contributed by atoms with E-state index in [1.807, 2.05) is 0 Å². The molecule has 116 valence electrons. The molecule has 1 unspecified atom stereocenters. The molecule has 1 aliphatic heterocycles. The number of aliphatic hydroxyl groups is 1. The van der Waals surface area contributed by atoms with Gasteiger partial charge in [-0.1, -0.05) is 24.6 Å². The third-order valence-corrected chi connectivity index (χ3v) is 5.03. The third-order valence-electron chi connectivity index (χ3n) is 5.03. The molecule has 3 heteroatoms. The van der Waals surface area contributed by atoms with Gasteiger partial charge < -0.3 is 10.0 Å². The summed E-state index contributed by atoms with van der Waals surface area (Å²) in [5.41, 5.74) is 4.08. The average molecular weight is 288 g/mol. The fourth-order valence-corrected chi connectivity index (χ4v) is 3.52. The zero-order valence-electron chi connectivity index (χ0n) is 13.2. The lowest BCUT2D eigenvalue weighted by molar-refractivity contribution is 0.0805. The van der Waals surface area contributed by atoms with Gasteiger partial charge in [0.2, 0.25) is 0 Å². The highest BCUT2D eigenvalue weighted by Gasteiger charge is 2.19. The molecule has 1 heterocycles. The number of piperazine rings is 1. The second-order valence-corrected chi connectivity index (χ2v) is 6.71. The van der Waals surface area contributed by atoms with Crippen molar-refractivity contribution in [2.24, 2.45) is 0 Å². The van der Waals surface area contributed by atoms with E-state index >= 15 is 0 Å². The Labute approximate surface area is 128 Å². The molecule has 21 heavy (non-hydrogen) atoms. The van der Waals surface area contributed by atoms with Crippen LogP contribution in [0.5, 0.6) is 0 Å². The van der Waals surface area contributed by atoms with Gasteiger partial charge in [-0.2, -0.15) is 0 Å². The number of benzene rings is 1. The Morgan fingerprint density at radius 1 is 1.00 bits per heavy atom. The molecule has 1 atom stereocenters. The van der Waals surface area contributed by atoms with E-state index in [1.165, 1.54) is 43.2 Å². The summed E-state index contributed by atoms with van der Waals surface area (Å²) in [5, 5.41) is 10.6. The van der Waals surface area contributed by atoms with Crippen LogP contribution in [0.3, 0.4) is 0 Å². The average Bonchev–Trinajstić information content (AvgIpc) is 2.74. The first kappa shape index (κ1) is 15.0. The first-order valence-corrected chi connectivity index (χ1v) is 8.43. The molecule has 1 fully saturated rings. The summed E-state index contributed by atoms with van der Waals surface area (Å²) in [4.78, 5) is 4.74. The van der Waals surface area contributed by atoms with Gasteiger partial charge in [-0.05, 0) is 49.4 Å². The summed E-state index contributed by atoms with van der Waals surface area (Å²) < 4.78 is 0. The number of β-amino-alcohol motifs (C(OH)–C–C–N with tert-alkyl or cyclic N) is 1. The number of fused-ring (bicyclic) bond motifs is 1. The van der Waals surface area contributed by atoms with Crippen LogP contribution in [0.2, 0.25) is 0 Å². The lowest BCUT2D eigenvalue weighted by Crippen LogP contribution is -2.45. The largest absolute Gasteiger partial charge is 0.387 e. The van der Waals surface area contributed by atoms with Crippen molar-refractivity contribution in [1.82, 2.24) is 9.80 Å². The lowest BCUT2D eigenvalue weighted by Gasteiger charge is -2.33. The van der Waals surface area contributed by atoms with Crippen LogP contribution in [-0.4, -0.2) is 54.7 Å². The number of rotatable bonds is 3. The van der Waals surface area contributed by atoms with Crippen molar-refractivity contribution >= 4 is 0 Å². The number of aryl methyl sites for hydroxylation is 2. The molecule has 0 saturated carbocycles. The Hall–Kier alpha value is -0.900. The third kappa shape index (κ3) is 3.85. The highest BCUT2D eigenvalue weighted by atomic mass is 16.3. The molecule has 0 radical (unpaired) electrons. The molecule has 1 aromatic carbocycles. The Bertz CT molecular complexity index is 466. The molecule has 1 aromatic rings. The second kappa shape index (κ2) is 6.91. The van der Waals surface area contributed by atoms with E-state index < -0.39 is 0 Å². The summed E-state index contributed by atoms with van der Waals surface area (Å²) >= 11 is 0. The molecular formula is C18H28N2O. The van der Waals surface area contributed by atoms with Gasteiger partial charge in [-0.15, -0.1) is 0 Å². The van der Waals surface area contributed by atoms with Crippen LogP contribution in [0, 0.1) is 0 Å². The molecule has 2 aliphatic rings. The number of nitrogens with zero attached hydrogens (tertiary/aromatic N) is 2. The van der Waals surface area contributed by atoms with Crippen molar-refractivity contribution in [1.29, 1.82) is 0 Å². The van der Waals surface area contributed by atoms with Gasteiger partial charge in [-0.3, -0.25) is 4.90 Å². The standard InChI is InChI=1S/C18H28N2O/c1-19-9-11-20(12-10-19)14-18(21)17-8-7-15-5-3-2-4-6-16(15)13-17/h7-8,13,18,21H,2-6,9-12,14H2,1H3. The normalized spacial score (nSPS) is 22.6. The van der Waals surface area contributed by atoms with Gasteiger partial charge in [-0.25, -0.2) is 0 Å². The molecule has 3 rings (SSSR count). The van der Waals surface area contributed by atoms with Crippen molar-refractivity contribution < 1.29 is 5.11 Å². The van der Waals surface area contributed by atoms with E-state index in [0.717, 1.165) is 38.3 Å². The minimum atomic E-state index is -0.345. The van der Waals surface area contributed by atoms with Gasteiger partial charge in [0, 0.05) is 32.7 Å². The number of hydrogen-bond donors (Lipinski definition) is 1. The molecule has 1 saturated heterocycles. The second-order valence-electron chi connectivity index (χ2n) is 6.71. The van der Waals surface area contributed by atoms with Crippen LogP contribution < -0.4 is 0 Å². The maximum absolute atomic E-state index is 10.6. The monoisotopic (exact) mass is 288 g/mol. The minimum absolute atomic E-state index is 0.345. The van der Waals surface area contributed by atoms with Crippen molar-refractivity contribution in [2.75, 3.05) is 39.8 Å². The van der Waals surface area contributed by atoms with E-state index in [9.17, 15) is 5.11 Å². The fourth-order valence-electron chi connectivity index (χ4n) is 3.52. The molecule has 0 amide bonds. The summed E-state index contributed by atoms with van der Waals surface area (Å²) in [6, 6.07) is 6.66. The van der Waals surface area contributed by atoms with Crippen LogP contribution in [0.1, 0.15) is 42.1 Å². The van der Waals surface area contributed by atoms with Gasteiger partial charge in [0.25, 0.3) is 0 Å². The summed E-state index contributed by atoms with van der Waals surface area (Å²) in [5.74, 6) is 0. The SMILES string of the molecule is CN1CCN(CC(O)c2ccc3c(c2)CCCCC3)CC1. The maximum Gasteiger partial charge on any atom is 0.0917 e. The van der Waals surface area contributed by atoms with Gasteiger partial charge in [0.05, 0.1) is 6.10 Å². The van der Waals surface area contributed by atoms with Crippen LogP contribution in [0.25, 0.3) is 0 Å². The van der Waals surface area contributed by atoms with Gasteiger partial charge >= 0.3 is 0 Å². The Kier molecular flexibility index (Phi) is 4.94. The molecule has 1 aliphatic carbocycles. The van der Waals surface area contributed by atoms with Crippen LogP contribution >= 0.6 is 0 Å². The Morgan fingerprint density at radius 2 is 1.71 bits per heavy atom. The first-order chi connectivity index (χ1) is 10.2. The van der Waals surface area contributed by atoms with E-state index in [4.69, 9.17) is 0 Å². The van der Waals surface area contributed by atoms with Crippen molar-refractivity contribution in [2.45, 2.75) is 38.2 Å². The fraction of sp³-hybridized carbons (Fsp3) is 0.667. The molecular weight excluding hydrogens is 260 g/mol. The molecule has 1 N–H and O–H groups in total. The molecule has 0 spiro atoms. The molecule has 3 nitrogen and oxygen atoms in total. The highest BCUT2D eigenvalue weighted by Crippen LogP contribution is 2.25. The molecule has 0 bridgehead atoms. The highest BCUT2D eigenvalue weighted by molar-refractivity contribution is 5.34. The lowest BCUT2D eigenvalue weighted by atomic mass is 9.97. The van der Waals surface area contributed by atoms with E-state index in [2.05, 4.69) is 35.0 Å². The Morgan fingerprint density at radius 3 is 2.48 bits per heavy atom. The first-order valence-electron chi connectivity index (χ1n) is 8.43. The topological polar surface area (TPSA) is 26.7 Å². The van der Waals surface area contributed by atoms with Gasteiger partial charge in [0.15, 0.2) is 0 Å². The van der Waals surface area contributed by atoms with Crippen LogP contribution in [0.4, 0.5) is 0 Å². The predicted molar refractivity (Wildman–Crippen MR) is 86.6 cm³/mol. The van der Waals surface area contributed by atoms with Crippen LogP contribution in [0.15, 0.2) is 18.2 Å². The summed E-state index contributed by atoms with van der Waals surface area (Å²) in [6.07, 6.45) is 6.01. The quantitative estimate of drug-likeness (QED) is 0.864. The van der Waals surface area contributed by atoms with Crippen LogP contribution in [-0.2, 0) is 12.8 Å². The van der Waals surface area contributed by atoms with Crippen molar-refractivity contribution in [3.05, 3.63) is 34.9 Å². The predicted octanol–water partition coefficient (Wildman–Crippen LogP) is 2.24. The number of hydrogen-bond acceptors (Lipinski definition) is 3. The zero-order valence-corrected chi connectivity index (χ0v) is 13.2. The van der Waals surface area contributed by atoms with E-state index in [1.54, 1.807) is 0 Å². The van der Waals surface area contributed by atoms with E-state index in [-0.39, 0.29) is 6.10 Å². The summed E-state index contributed by atoms with van der Waals surface area (Å²) in [7, 11) is 2.17. The smallest absolute Gasteiger partial charge is 0.0917 e. The van der Waals surface area contributed by atoms with Gasteiger partial charge in [0.1, 0.15) is 0 Å². The molecule has 0 aromatic heterocycles. The van der Waals surface area contributed by atoms with Crippen molar-refractivity contribution in [3.8, 4) is 0 Å². The van der Waals surface area contributed by atoms with E-state index in [0.29, 0.717) is 0 Å². The number of aliphatic hydroxyl groups excluding tert-OH is 1. The minimum Gasteiger partial charge on any atom is -0.387 e. The maximum atomic E-state index is 10.6. The number of likely N-dealkylation sites (N-methyl/N-ethyl adjacent to an activating group) is 1.